The fourth-order valence-corrected chi connectivity index (χ4v) is 1.49. The van der Waals surface area contributed by atoms with Crippen molar-refractivity contribution in [2.24, 2.45) is 0 Å². The molecule has 0 aromatic heterocycles. The second kappa shape index (κ2) is 6.03. The van der Waals surface area contributed by atoms with E-state index < -0.39 is 0 Å². The van der Waals surface area contributed by atoms with E-state index in [1.165, 1.54) is 6.92 Å². The van der Waals surface area contributed by atoms with Gasteiger partial charge < -0.3 is 10.1 Å². The van der Waals surface area contributed by atoms with Gasteiger partial charge in [-0.2, -0.15) is 0 Å². The van der Waals surface area contributed by atoms with Gasteiger partial charge in [0.25, 0.3) is 0 Å². The van der Waals surface area contributed by atoms with E-state index in [0.29, 0.717) is 0 Å². The number of hydrogen-bond acceptors (Lipinski definition) is 3. The van der Waals surface area contributed by atoms with Gasteiger partial charge in [-0.3, -0.25) is 9.59 Å². The summed E-state index contributed by atoms with van der Waals surface area (Å²) in [5.74, 6) is 0.390. The van der Waals surface area contributed by atoms with Crippen molar-refractivity contribution in [2.45, 2.75) is 26.3 Å². The van der Waals surface area contributed by atoms with E-state index in [1.54, 1.807) is 7.11 Å². The van der Waals surface area contributed by atoms with Crippen molar-refractivity contribution < 1.29 is 14.3 Å². The van der Waals surface area contributed by atoms with E-state index in [4.69, 9.17) is 4.74 Å². The molecule has 1 N–H and O–H groups in total. The highest BCUT2D eigenvalue weighted by atomic mass is 16.5. The van der Waals surface area contributed by atoms with Crippen LogP contribution in [0.4, 0.5) is 0 Å². The average molecular weight is 235 g/mol. The highest BCUT2D eigenvalue weighted by molar-refractivity contribution is 5.96. The Morgan fingerprint density at radius 3 is 2.35 bits per heavy atom. The Morgan fingerprint density at radius 2 is 1.88 bits per heavy atom. The van der Waals surface area contributed by atoms with Gasteiger partial charge in [0.2, 0.25) is 5.91 Å². The van der Waals surface area contributed by atoms with E-state index in [-0.39, 0.29) is 24.2 Å². The van der Waals surface area contributed by atoms with E-state index >= 15 is 0 Å². The number of ketones is 1. The van der Waals surface area contributed by atoms with Crippen LogP contribution in [0.5, 0.6) is 5.75 Å². The van der Waals surface area contributed by atoms with Crippen molar-refractivity contribution in [3.8, 4) is 5.75 Å². The SMILES string of the molecule is COc1ccc(C(C)NC(=O)CC(C)=O)cc1. The van der Waals surface area contributed by atoms with Crippen molar-refractivity contribution in [1.82, 2.24) is 5.32 Å². The number of carbonyl (C=O) groups is 2. The number of rotatable bonds is 5. The molecule has 0 heterocycles. The molecule has 0 aliphatic rings. The number of methoxy groups -OCH3 is 1. The fraction of sp³-hybridized carbons (Fsp3) is 0.385. The molecule has 92 valence electrons. The highest BCUT2D eigenvalue weighted by Gasteiger charge is 2.10. The summed E-state index contributed by atoms with van der Waals surface area (Å²) < 4.78 is 5.05. The van der Waals surface area contributed by atoms with Gasteiger partial charge in [-0.25, -0.2) is 0 Å². The third kappa shape index (κ3) is 4.26. The second-order valence-electron chi connectivity index (χ2n) is 3.94. The Bertz CT molecular complexity index is 398. The zero-order valence-corrected chi connectivity index (χ0v) is 10.3. The minimum absolute atomic E-state index is 0.0690. The lowest BCUT2D eigenvalue weighted by atomic mass is 10.1. The molecule has 4 heteroatoms. The number of nitrogens with one attached hydrogen (secondary N) is 1. The molecule has 17 heavy (non-hydrogen) atoms. The lowest BCUT2D eigenvalue weighted by Crippen LogP contribution is -2.27. The maximum atomic E-state index is 11.4. The van der Waals surface area contributed by atoms with E-state index in [2.05, 4.69) is 5.32 Å². The molecule has 1 atom stereocenters. The van der Waals surface area contributed by atoms with Gasteiger partial charge in [0.15, 0.2) is 0 Å². The molecule has 1 aromatic carbocycles. The summed E-state index contributed by atoms with van der Waals surface area (Å²) in [6, 6.07) is 7.33. The predicted molar refractivity (Wildman–Crippen MR) is 64.8 cm³/mol. The van der Waals surface area contributed by atoms with Crippen LogP contribution in [0, 0.1) is 0 Å². The van der Waals surface area contributed by atoms with Gasteiger partial charge in [0, 0.05) is 0 Å². The standard InChI is InChI=1S/C13H17NO3/c1-9(15)8-13(16)14-10(2)11-4-6-12(17-3)7-5-11/h4-7,10H,8H2,1-3H3,(H,14,16). The molecule has 1 unspecified atom stereocenters. The fourth-order valence-electron chi connectivity index (χ4n) is 1.49. The van der Waals surface area contributed by atoms with Crippen molar-refractivity contribution in [3.63, 3.8) is 0 Å². The van der Waals surface area contributed by atoms with Crippen LogP contribution in [0.2, 0.25) is 0 Å². The summed E-state index contributed by atoms with van der Waals surface area (Å²) >= 11 is 0. The van der Waals surface area contributed by atoms with Crippen LogP contribution in [0.25, 0.3) is 0 Å². The normalized spacial score (nSPS) is 11.7. The monoisotopic (exact) mass is 235 g/mol. The van der Waals surface area contributed by atoms with Gasteiger partial charge >= 0.3 is 0 Å². The number of hydrogen-bond donors (Lipinski definition) is 1. The summed E-state index contributed by atoms with van der Waals surface area (Å²) in [6.45, 7) is 3.28. The molecule has 1 amide bonds. The van der Waals surface area contributed by atoms with Crippen LogP contribution in [0.15, 0.2) is 24.3 Å². The first kappa shape index (κ1) is 13.2. The zero-order chi connectivity index (χ0) is 12.8. The molecule has 0 aliphatic carbocycles. The van der Waals surface area contributed by atoms with Crippen LogP contribution in [0.1, 0.15) is 31.9 Å². The van der Waals surface area contributed by atoms with Crippen LogP contribution < -0.4 is 10.1 Å². The third-order valence-corrected chi connectivity index (χ3v) is 2.40. The van der Waals surface area contributed by atoms with Crippen molar-refractivity contribution in [1.29, 1.82) is 0 Å². The molecule has 0 fully saturated rings. The molecule has 0 aliphatic heterocycles. The van der Waals surface area contributed by atoms with Crippen molar-refractivity contribution in [3.05, 3.63) is 29.8 Å². The maximum Gasteiger partial charge on any atom is 0.227 e. The van der Waals surface area contributed by atoms with Crippen LogP contribution >= 0.6 is 0 Å². The molecule has 1 aromatic rings. The summed E-state index contributed by atoms with van der Waals surface area (Å²) in [7, 11) is 1.60. The molecular weight excluding hydrogens is 218 g/mol. The topological polar surface area (TPSA) is 55.4 Å². The Hall–Kier alpha value is -1.84. The molecule has 1 rings (SSSR count). The zero-order valence-electron chi connectivity index (χ0n) is 10.3. The maximum absolute atomic E-state index is 11.4. The highest BCUT2D eigenvalue weighted by Crippen LogP contribution is 2.17. The Morgan fingerprint density at radius 1 is 1.29 bits per heavy atom. The molecule has 0 bridgehead atoms. The smallest absolute Gasteiger partial charge is 0.227 e. The number of carbonyl (C=O) groups excluding carboxylic acids is 2. The molecule has 0 spiro atoms. The predicted octanol–water partition coefficient (Wildman–Crippen LogP) is 1.85. The molecule has 0 radical (unpaired) electrons. The van der Waals surface area contributed by atoms with Gasteiger partial charge in [0.1, 0.15) is 11.5 Å². The van der Waals surface area contributed by atoms with Gasteiger partial charge in [-0.15, -0.1) is 0 Å². The lowest BCUT2D eigenvalue weighted by molar-refractivity contribution is -0.127. The quantitative estimate of drug-likeness (QED) is 0.792. The molecule has 4 nitrogen and oxygen atoms in total. The third-order valence-electron chi connectivity index (χ3n) is 2.40. The van der Waals surface area contributed by atoms with E-state index in [1.807, 2.05) is 31.2 Å². The lowest BCUT2D eigenvalue weighted by Gasteiger charge is -2.14. The summed E-state index contributed by atoms with van der Waals surface area (Å²) in [4.78, 5) is 22.2. The molecular formula is C13H17NO3. The Balaban J connectivity index is 2.59. The first-order valence-corrected chi connectivity index (χ1v) is 5.45. The van der Waals surface area contributed by atoms with E-state index in [9.17, 15) is 9.59 Å². The minimum Gasteiger partial charge on any atom is -0.497 e. The van der Waals surface area contributed by atoms with Gasteiger partial charge in [-0.1, -0.05) is 12.1 Å². The molecule has 0 saturated heterocycles. The summed E-state index contributed by atoms with van der Waals surface area (Å²) in [5, 5.41) is 2.76. The number of Topliss-reactive ketones (excluding diaryl/α,β-unsaturated/α-hetero) is 1. The van der Waals surface area contributed by atoms with Crippen LogP contribution in [-0.2, 0) is 9.59 Å². The van der Waals surface area contributed by atoms with Crippen LogP contribution in [0.3, 0.4) is 0 Å². The molecule has 0 saturated carbocycles. The second-order valence-corrected chi connectivity index (χ2v) is 3.94. The summed E-state index contributed by atoms with van der Waals surface area (Å²) in [5.41, 5.74) is 0.975. The first-order chi connectivity index (χ1) is 8.02. The van der Waals surface area contributed by atoms with Crippen LogP contribution in [-0.4, -0.2) is 18.8 Å². The average Bonchev–Trinajstić information content (AvgIpc) is 2.28. The number of ether oxygens (including phenoxy) is 1. The number of benzene rings is 1. The summed E-state index contributed by atoms with van der Waals surface area (Å²) in [6.07, 6.45) is -0.0690. The number of amides is 1. The van der Waals surface area contributed by atoms with E-state index in [0.717, 1.165) is 11.3 Å². The first-order valence-electron chi connectivity index (χ1n) is 5.45. The van der Waals surface area contributed by atoms with Crippen molar-refractivity contribution in [2.75, 3.05) is 7.11 Å². The van der Waals surface area contributed by atoms with Crippen molar-refractivity contribution >= 4 is 11.7 Å². The Labute approximate surface area is 101 Å². The minimum atomic E-state index is -0.249. The Kier molecular flexibility index (Phi) is 4.69. The largest absolute Gasteiger partial charge is 0.497 e. The van der Waals surface area contributed by atoms with Gasteiger partial charge in [0.05, 0.1) is 19.6 Å². The van der Waals surface area contributed by atoms with Gasteiger partial charge in [-0.05, 0) is 31.5 Å².